The van der Waals surface area contributed by atoms with Crippen molar-refractivity contribution in [3.05, 3.63) is 18.0 Å². The van der Waals surface area contributed by atoms with Crippen LogP contribution in [0.3, 0.4) is 0 Å². The number of methoxy groups -OCH3 is 2. The third-order valence-corrected chi connectivity index (χ3v) is 4.39. The van der Waals surface area contributed by atoms with Crippen LogP contribution in [0.5, 0.6) is 11.9 Å². The number of ether oxygens (including phenoxy) is 2. The van der Waals surface area contributed by atoms with Crippen LogP contribution in [0.15, 0.2) is 12.3 Å². The predicted octanol–water partition coefficient (Wildman–Crippen LogP) is 1.12. The van der Waals surface area contributed by atoms with Crippen molar-refractivity contribution in [3.63, 3.8) is 0 Å². The molecule has 1 aliphatic rings. The maximum atomic E-state index is 6.09. The van der Waals surface area contributed by atoms with E-state index in [9.17, 15) is 0 Å². The van der Waals surface area contributed by atoms with Gasteiger partial charge in [0.1, 0.15) is 11.5 Å². The van der Waals surface area contributed by atoms with Crippen LogP contribution in [-0.4, -0.2) is 52.3 Å². The number of hydrogen-bond acceptors (Lipinski definition) is 8. The second-order valence-corrected chi connectivity index (χ2v) is 6.78. The van der Waals surface area contributed by atoms with Gasteiger partial charge < -0.3 is 20.1 Å². The molecule has 25 heavy (non-hydrogen) atoms. The topological polar surface area (TPSA) is 104 Å². The van der Waals surface area contributed by atoms with E-state index in [0.29, 0.717) is 17.9 Å². The number of aromatic nitrogens is 5. The van der Waals surface area contributed by atoms with Gasteiger partial charge >= 0.3 is 6.01 Å². The van der Waals surface area contributed by atoms with Gasteiger partial charge in [-0.25, -0.2) is 4.68 Å². The smallest absolute Gasteiger partial charge is 0.321 e. The van der Waals surface area contributed by atoms with Gasteiger partial charge in [0, 0.05) is 19.2 Å². The number of piperidine rings is 1. The van der Waals surface area contributed by atoms with E-state index < -0.39 is 5.54 Å². The van der Waals surface area contributed by atoms with Gasteiger partial charge in [-0.2, -0.15) is 9.97 Å². The van der Waals surface area contributed by atoms with Crippen molar-refractivity contribution >= 4 is 5.82 Å². The first kappa shape index (κ1) is 17.4. The van der Waals surface area contributed by atoms with Crippen molar-refractivity contribution in [2.75, 3.05) is 32.2 Å². The van der Waals surface area contributed by atoms with Crippen LogP contribution in [-0.2, 0) is 5.54 Å². The summed E-state index contributed by atoms with van der Waals surface area (Å²) in [6.45, 7) is 5.57. The molecule has 0 spiro atoms. The normalized spacial score (nSPS) is 16.1. The Bertz CT molecular complexity index is 695. The van der Waals surface area contributed by atoms with E-state index >= 15 is 0 Å². The summed E-state index contributed by atoms with van der Waals surface area (Å²) in [6, 6.07) is 2.45. The minimum Gasteiger partial charge on any atom is -0.481 e. The maximum absolute atomic E-state index is 6.09. The minimum atomic E-state index is -0.479. The first-order chi connectivity index (χ1) is 11.9. The summed E-state index contributed by atoms with van der Waals surface area (Å²) in [4.78, 5) is 10.8. The first-order valence-electron chi connectivity index (χ1n) is 8.34. The fourth-order valence-electron chi connectivity index (χ4n) is 2.86. The Morgan fingerprint density at radius 3 is 2.44 bits per heavy atom. The lowest BCUT2D eigenvalue weighted by atomic mass is 10.0. The van der Waals surface area contributed by atoms with Gasteiger partial charge in [0.15, 0.2) is 0 Å². The SMILES string of the molecule is COc1cc(N2CCC(n3cc(C(C)(C)N)nn3)CC2)nc(OC)n1. The summed E-state index contributed by atoms with van der Waals surface area (Å²) in [5.41, 5.74) is 6.42. The number of nitrogens with two attached hydrogens (primary N) is 1. The lowest BCUT2D eigenvalue weighted by molar-refractivity contribution is 0.345. The molecule has 3 rings (SSSR count). The molecule has 0 unspecified atom stereocenters. The van der Waals surface area contributed by atoms with Crippen LogP contribution in [0.2, 0.25) is 0 Å². The van der Waals surface area contributed by atoms with E-state index in [4.69, 9.17) is 15.2 Å². The summed E-state index contributed by atoms with van der Waals surface area (Å²) in [6.07, 6.45) is 3.85. The highest BCUT2D eigenvalue weighted by Gasteiger charge is 2.25. The average molecular weight is 347 g/mol. The molecule has 0 atom stereocenters. The first-order valence-corrected chi connectivity index (χ1v) is 8.34. The van der Waals surface area contributed by atoms with Gasteiger partial charge in [-0.15, -0.1) is 5.10 Å². The van der Waals surface area contributed by atoms with E-state index in [-0.39, 0.29) is 0 Å². The number of rotatable bonds is 5. The zero-order chi connectivity index (χ0) is 18.0. The van der Waals surface area contributed by atoms with Crippen LogP contribution in [0.1, 0.15) is 38.4 Å². The van der Waals surface area contributed by atoms with Crippen molar-refractivity contribution in [1.82, 2.24) is 25.0 Å². The Labute approximate surface area is 147 Å². The highest BCUT2D eigenvalue weighted by Crippen LogP contribution is 2.28. The molecule has 2 N–H and O–H groups in total. The molecule has 0 aliphatic carbocycles. The molecule has 9 heteroatoms. The lowest BCUT2D eigenvalue weighted by Crippen LogP contribution is -2.35. The Kier molecular flexibility index (Phi) is 4.76. The molecule has 0 amide bonds. The standard InChI is InChI=1S/C16H25N7O2/c1-16(2,17)12-10-23(21-20-12)11-5-7-22(8-6-11)13-9-14(24-3)19-15(18-13)25-4/h9-11H,5-8,17H2,1-4H3. The largest absolute Gasteiger partial charge is 0.481 e. The van der Waals surface area contributed by atoms with Crippen LogP contribution in [0, 0.1) is 0 Å². The molecule has 1 fully saturated rings. The second-order valence-electron chi connectivity index (χ2n) is 6.78. The van der Waals surface area contributed by atoms with E-state index in [1.54, 1.807) is 14.2 Å². The minimum absolute atomic E-state index is 0.308. The van der Waals surface area contributed by atoms with Crippen LogP contribution in [0.25, 0.3) is 0 Å². The number of nitrogens with zero attached hydrogens (tertiary/aromatic N) is 6. The molecule has 3 heterocycles. The summed E-state index contributed by atoms with van der Waals surface area (Å²) >= 11 is 0. The number of hydrogen-bond donors (Lipinski definition) is 1. The molecule has 0 radical (unpaired) electrons. The van der Waals surface area contributed by atoms with Crippen molar-refractivity contribution in [1.29, 1.82) is 0 Å². The van der Waals surface area contributed by atoms with Crippen molar-refractivity contribution in [3.8, 4) is 11.9 Å². The monoisotopic (exact) mass is 347 g/mol. The molecule has 9 nitrogen and oxygen atoms in total. The Balaban J connectivity index is 1.69. The molecule has 136 valence electrons. The van der Waals surface area contributed by atoms with Gasteiger partial charge in [-0.3, -0.25) is 0 Å². The molecule has 0 saturated carbocycles. The lowest BCUT2D eigenvalue weighted by Gasteiger charge is -2.32. The highest BCUT2D eigenvalue weighted by atomic mass is 16.5. The Morgan fingerprint density at radius 2 is 1.88 bits per heavy atom. The van der Waals surface area contributed by atoms with E-state index in [1.165, 1.54) is 0 Å². The summed E-state index contributed by atoms with van der Waals surface area (Å²) in [7, 11) is 3.13. The average Bonchev–Trinajstić information content (AvgIpc) is 3.12. The molecule has 1 aliphatic heterocycles. The zero-order valence-corrected chi connectivity index (χ0v) is 15.1. The van der Waals surface area contributed by atoms with Crippen LogP contribution >= 0.6 is 0 Å². The molecule has 2 aromatic rings. The van der Waals surface area contributed by atoms with E-state index in [0.717, 1.165) is 37.4 Å². The van der Waals surface area contributed by atoms with Crippen molar-refractivity contribution in [2.45, 2.75) is 38.3 Å². The molecular formula is C16H25N7O2. The predicted molar refractivity (Wildman–Crippen MR) is 92.9 cm³/mol. The Hall–Kier alpha value is -2.42. The number of anilines is 1. The van der Waals surface area contributed by atoms with Gasteiger partial charge in [0.25, 0.3) is 0 Å². The van der Waals surface area contributed by atoms with Crippen molar-refractivity contribution in [2.24, 2.45) is 5.73 Å². The highest BCUT2D eigenvalue weighted by molar-refractivity contribution is 5.43. The second kappa shape index (κ2) is 6.83. The van der Waals surface area contributed by atoms with E-state index in [1.807, 2.05) is 30.8 Å². The van der Waals surface area contributed by atoms with Crippen molar-refractivity contribution < 1.29 is 9.47 Å². The van der Waals surface area contributed by atoms with Gasteiger partial charge in [-0.1, -0.05) is 5.21 Å². The third-order valence-electron chi connectivity index (χ3n) is 4.39. The Morgan fingerprint density at radius 1 is 1.16 bits per heavy atom. The fraction of sp³-hybridized carbons (Fsp3) is 0.625. The van der Waals surface area contributed by atoms with Gasteiger partial charge in [-0.05, 0) is 26.7 Å². The summed E-state index contributed by atoms with van der Waals surface area (Å²) in [5.74, 6) is 1.31. The zero-order valence-electron chi connectivity index (χ0n) is 15.1. The summed E-state index contributed by atoms with van der Waals surface area (Å²) < 4.78 is 12.3. The molecule has 0 aromatic carbocycles. The van der Waals surface area contributed by atoms with Crippen LogP contribution < -0.4 is 20.1 Å². The molecule has 0 bridgehead atoms. The quantitative estimate of drug-likeness (QED) is 0.858. The fourth-order valence-corrected chi connectivity index (χ4v) is 2.86. The maximum Gasteiger partial charge on any atom is 0.321 e. The molecular weight excluding hydrogens is 322 g/mol. The molecule has 2 aromatic heterocycles. The van der Waals surface area contributed by atoms with Gasteiger partial charge in [0.05, 0.1) is 32.0 Å². The molecule has 1 saturated heterocycles. The van der Waals surface area contributed by atoms with E-state index in [2.05, 4.69) is 25.2 Å². The summed E-state index contributed by atoms with van der Waals surface area (Å²) in [5, 5.41) is 8.47. The van der Waals surface area contributed by atoms with Crippen LogP contribution in [0.4, 0.5) is 5.82 Å². The third kappa shape index (κ3) is 3.81. The van der Waals surface area contributed by atoms with Gasteiger partial charge in [0.2, 0.25) is 5.88 Å².